The molecule has 1 fully saturated rings. The molecule has 0 amide bonds. The van der Waals surface area contributed by atoms with Gasteiger partial charge in [0.15, 0.2) is 0 Å². The number of halogens is 1. The van der Waals surface area contributed by atoms with Crippen molar-refractivity contribution in [2.75, 3.05) is 0 Å². The fourth-order valence-corrected chi connectivity index (χ4v) is 12.3. The van der Waals surface area contributed by atoms with Crippen molar-refractivity contribution >= 4 is 46.0 Å². The summed E-state index contributed by atoms with van der Waals surface area (Å²) in [6.07, 6.45) is 4.62. The molecular formula is C51H46FGeIrN3O-2. The van der Waals surface area contributed by atoms with Crippen molar-refractivity contribution in [2.24, 2.45) is 0 Å². The van der Waals surface area contributed by atoms with Gasteiger partial charge in [0.05, 0.1) is 6.07 Å². The predicted molar refractivity (Wildman–Crippen MR) is 234 cm³/mol. The largest absolute Gasteiger partial charge is 0 e. The van der Waals surface area contributed by atoms with E-state index in [1.807, 2.05) is 54.7 Å². The minimum Gasteiger partial charge on any atom is 0 e. The smallest absolute Gasteiger partial charge is 0 e. The van der Waals surface area contributed by atoms with Crippen LogP contribution in [0.3, 0.4) is 0 Å². The van der Waals surface area contributed by atoms with Gasteiger partial charge in [-0.1, -0.05) is 69.3 Å². The van der Waals surface area contributed by atoms with Gasteiger partial charge in [-0.25, -0.2) is 0 Å². The number of aryl methyl sites for hydroxylation is 1. The minimum atomic E-state index is -2.37. The molecule has 4 heterocycles. The first-order chi connectivity index (χ1) is 28.9. The summed E-state index contributed by atoms with van der Waals surface area (Å²) in [5, 5.41) is 16.1. The third-order valence-corrected chi connectivity index (χ3v) is 17.9. The fourth-order valence-electron chi connectivity index (χ4n) is 7.66. The number of fused-ring (bicyclic) bond motifs is 4. The Labute approximate surface area is 362 Å². The molecule has 0 unspecified atom stereocenters. The van der Waals surface area contributed by atoms with Crippen molar-refractivity contribution in [3.05, 3.63) is 156 Å². The van der Waals surface area contributed by atoms with E-state index in [0.717, 1.165) is 54.4 Å². The van der Waals surface area contributed by atoms with E-state index in [9.17, 15) is 11.0 Å². The number of pyridine rings is 2. The Hall–Kier alpha value is -4.93. The Morgan fingerprint density at radius 3 is 2.31 bits per heavy atom. The molecule has 1 saturated heterocycles. The maximum Gasteiger partial charge on any atom is 0 e. The molecule has 3 aromatic heterocycles. The first-order valence-electron chi connectivity index (χ1n) is 21.4. The van der Waals surface area contributed by atoms with E-state index in [0.29, 0.717) is 46.4 Å². The van der Waals surface area contributed by atoms with E-state index < -0.39 is 26.0 Å². The topological polar surface area (TPSA) is 62.7 Å². The number of furan rings is 1. The van der Waals surface area contributed by atoms with Crippen LogP contribution < -0.4 is 0 Å². The van der Waals surface area contributed by atoms with Gasteiger partial charge in [0.1, 0.15) is 0 Å². The van der Waals surface area contributed by atoms with Crippen LogP contribution in [0.25, 0.3) is 66.4 Å². The zero-order valence-electron chi connectivity index (χ0n) is 37.3. The van der Waals surface area contributed by atoms with Crippen LogP contribution in [-0.4, -0.2) is 23.2 Å². The van der Waals surface area contributed by atoms with E-state index in [2.05, 4.69) is 90.8 Å². The van der Waals surface area contributed by atoms with Crippen molar-refractivity contribution in [2.45, 2.75) is 73.8 Å². The molecule has 1 aliphatic heterocycles. The number of rotatable bonds is 4. The van der Waals surface area contributed by atoms with Gasteiger partial charge in [-0.3, -0.25) is 4.39 Å². The summed E-state index contributed by atoms with van der Waals surface area (Å²) in [7, 11) is 0. The van der Waals surface area contributed by atoms with Crippen LogP contribution in [0.15, 0.2) is 120 Å². The second-order valence-corrected chi connectivity index (χ2v) is 27.9. The normalized spacial score (nSPS) is 15.9. The van der Waals surface area contributed by atoms with Crippen LogP contribution in [0.2, 0.25) is 22.0 Å². The van der Waals surface area contributed by atoms with Crippen LogP contribution >= 0.6 is 0 Å². The molecular weight excluding hydrogens is 954 g/mol. The number of hydrogen-bond donors (Lipinski definition) is 0. The summed E-state index contributed by atoms with van der Waals surface area (Å²) >= 11 is -1.91. The zero-order chi connectivity index (χ0) is 43.3. The Kier molecular flexibility index (Phi) is 10.4. The van der Waals surface area contributed by atoms with Crippen molar-refractivity contribution in [3.63, 3.8) is 0 Å². The minimum absolute atomic E-state index is 0. The molecule has 0 N–H and O–H groups in total. The SMILES string of the molecule is CC(C)(C)c1ccc(-c2[c-]cc(F)cc2)nc1.[2H]C([2H])([2H])c1cnc(-c2[c-]ccc3c2oc2c(-c4ccc5ccccc5c4)c(C#N)ccc23)cc1C1([2H])C[CH2][Ge]([CH3])([CH3])[CH2]C1.[Ir]. The maximum absolute atomic E-state index is 12.8. The first kappa shape index (κ1) is 36.2. The van der Waals surface area contributed by atoms with Gasteiger partial charge in [-0.05, 0) is 33.5 Å². The standard InChI is InChI=1S/C36H31GeN2O.C15H15FN.Ir/c1-23-22-39-33(20-32(23)25-15-17-37(2,3)18-16-25)31-10-6-9-29-30-14-13-28(21-38)34(36(30)40-35(29)31)27-12-11-24-7-4-5-8-26(24)19-27;1-15(2,3)12-6-9-14(17-10-12)11-4-7-13(16)8-5-11;/h4-9,11-14,19-20,22,25H,15-18H2,1-3H3;4,6-10H,1-3H3;/q2*-1;/i1D3,25D;;. The van der Waals surface area contributed by atoms with Gasteiger partial charge >= 0.3 is 179 Å². The first-order valence-corrected chi connectivity index (χ1v) is 26.6. The molecule has 1 radical (unpaired) electrons. The molecule has 0 spiro atoms. The van der Waals surface area contributed by atoms with Gasteiger partial charge < -0.3 is 4.98 Å². The molecule has 8 aromatic rings. The third-order valence-electron chi connectivity index (χ3n) is 11.2. The molecule has 7 heteroatoms. The fraction of sp³-hybridized carbons (Fsp3) is 0.235. The molecule has 1 aliphatic rings. The van der Waals surface area contributed by atoms with Gasteiger partial charge in [0.2, 0.25) is 0 Å². The third kappa shape index (κ3) is 8.45. The summed E-state index contributed by atoms with van der Waals surface area (Å²) in [5.41, 5.74) is 8.03. The van der Waals surface area contributed by atoms with Crippen LogP contribution in [-0.2, 0) is 25.5 Å². The molecule has 0 bridgehead atoms. The number of nitrogens with zero attached hydrogens (tertiary/aromatic N) is 3. The molecule has 0 saturated carbocycles. The molecule has 293 valence electrons. The summed E-state index contributed by atoms with van der Waals surface area (Å²) in [6.45, 7) is 4.07. The quantitative estimate of drug-likeness (QED) is 0.130. The summed E-state index contributed by atoms with van der Waals surface area (Å²) in [6, 6.07) is 40.5. The number of aromatic nitrogens is 2. The number of hydrogen-bond acceptors (Lipinski definition) is 4. The van der Waals surface area contributed by atoms with Crippen LogP contribution in [0.1, 0.15) is 67.2 Å². The molecule has 4 nitrogen and oxygen atoms in total. The van der Waals surface area contributed by atoms with Gasteiger partial charge in [-0.2, -0.15) is 5.26 Å². The maximum atomic E-state index is 12.8. The average molecular weight is 1000 g/mol. The summed E-state index contributed by atoms with van der Waals surface area (Å²) in [5.74, 6) is 3.53. The number of benzene rings is 5. The Bertz CT molecular complexity index is 2960. The van der Waals surface area contributed by atoms with Crippen molar-refractivity contribution in [1.82, 2.24) is 9.97 Å². The Morgan fingerprint density at radius 1 is 0.862 bits per heavy atom. The van der Waals surface area contributed by atoms with Crippen LogP contribution in [0.5, 0.6) is 0 Å². The Morgan fingerprint density at radius 2 is 1.62 bits per heavy atom. The van der Waals surface area contributed by atoms with Crippen LogP contribution in [0.4, 0.5) is 4.39 Å². The van der Waals surface area contributed by atoms with Gasteiger partial charge in [0.25, 0.3) is 0 Å². The molecule has 0 atom stereocenters. The molecule has 0 aliphatic carbocycles. The summed E-state index contributed by atoms with van der Waals surface area (Å²) in [4.78, 5) is 9.02. The predicted octanol–water partition coefficient (Wildman–Crippen LogP) is 14.0. The van der Waals surface area contributed by atoms with E-state index in [4.69, 9.17) is 8.53 Å². The Balaban J connectivity index is 0.000000270. The van der Waals surface area contributed by atoms with E-state index >= 15 is 0 Å². The van der Waals surface area contributed by atoms with E-state index in [1.54, 1.807) is 12.1 Å². The van der Waals surface area contributed by atoms with Crippen LogP contribution in [0, 0.1) is 36.1 Å². The van der Waals surface area contributed by atoms with Crippen molar-refractivity contribution < 1.29 is 34.4 Å². The van der Waals surface area contributed by atoms with Gasteiger partial charge in [0, 0.05) is 32.1 Å². The number of nitriles is 1. The van der Waals surface area contributed by atoms with Crippen molar-refractivity contribution in [1.29, 1.82) is 5.26 Å². The monoisotopic (exact) mass is 1010 g/mol. The second kappa shape index (κ2) is 16.7. The van der Waals surface area contributed by atoms with E-state index in [1.165, 1.54) is 23.9 Å². The zero-order valence-corrected chi connectivity index (χ0v) is 37.8. The molecule has 58 heavy (non-hydrogen) atoms. The molecule has 9 rings (SSSR count). The van der Waals surface area contributed by atoms with Gasteiger partial charge in [-0.15, -0.1) is 29.8 Å². The second-order valence-electron chi connectivity index (χ2n) is 16.7. The average Bonchev–Trinajstić information content (AvgIpc) is 3.63. The van der Waals surface area contributed by atoms with E-state index in [-0.39, 0.29) is 36.9 Å². The molecule has 5 aromatic carbocycles. The summed E-state index contributed by atoms with van der Waals surface area (Å²) < 4.78 is 53.6. The van der Waals surface area contributed by atoms with Crippen molar-refractivity contribution in [3.8, 4) is 39.7 Å².